The number of hydrogen-bond acceptors (Lipinski definition) is 5. The smallest absolute Gasteiger partial charge is 0.256 e. The van der Waals surface area contributed by atoms with Crippen molar-refractivity contribution in [3.8, 4) is 0 Å². The molecule has 0 spiro atoms. The third-order valence-corrected chi connectivity index (χ3v) is 3.35. The minimum absolute atomic E-state index is 0.0483. The number of pyridine rings is 1. The summed E-state index contributed by atoms with van der Waals surface area (Å²) in [5.74, 6) is -0.0483. The van der Waals surface area contributed by atoms with Crippen molar-refractivity contribution in [3.63, 3.8) is 0 Å². The molecule has 2 heterocycles. The summed E-state index contributed by atoms with van der Waals surface area (Å²) in [6.07, 6.45) is 3.08. The molecule has 1 aromatic rings. The van der Waals surface area contributed by atoms with E-state index in [1.807, 2.05) is 0 Å². The number of nitrogens with two attached hydrogens (primary N) is 1. The number of β-amino-alcohol motifs (C(OH)–C–C–N with tert-alkyl or cyclic N) is 1. The van der Waals surface area contributed by atoms with Crippen LogP contribution in [0.5, 0.6) is 0 Å². The number of hydrogen-bond donors (Lipinski definition) is 2. The van der Waals surface area contributed by atoms with Gasteiger partial charge in [0.15, 0.2) is 0 Å². The van der Waals surface area contributed by atoms with Crippen LogP contribution in [0.15, 0.2) is 18.5 Å². The fraction of sp³-hybridized carbons (Fsp3) is 0.571. The topological polar surface area (TPSA) is 82.7 Å². The van der Waals surface area contributed by atoms with E-state index in [2.05, 4.69) is 9.88 Å². The van der Waals surface area contributed by atoms with Crippen molar-refractivity contribution in [1.29, 1.82) is 0 Å². The number of aliphatic hydroxyl groups is 1. The van der Waals surface area contributed by atoms with E-state index in [4.69, 9.17) is 5.73 Å². The first kappa shape index (κ1) is 14.7. The molecule has 1 aliphatic heterocycles. The highest BCUT2D eigenvalue weighted by Crippen LogP contribution is 2.15. The third kappa shape index (κ3) is 3.68. The molecule has 0 atom stereocenters. The Hall–Kier alpha value is -1.66. The monoisotopic (exact) mass is 278 g/mol. The number of nitrogens with zero attached hydrogens (tertiary/aromatic N) is 3. The van der Waals surface area contributed by atoms with E-state index in [-0.39, 0.29) is 5.91 Å². The summed E-state index contributed by atoms with van der Waals surface area (Å²) in [7, 11) is 0. The SMILES string of the molecule is CC(C)(O)CN1CCN(C(=O)c2ccncc2N)CC1. The van der Waals surface area contributed by atoms with Crippen LogP contribution in [-0.4, -0.2) is 64.1 Å². The molecule has 0 aromatic carbocycles. The van der Waals surface area contributed by atoms with Crippen molar-refractivity contribution in [3.05, 3.63) is 24.0 Å². The predicted molar refractivity (Wildman–Crippen MR) is 77.3 cm³/mol. The summed E-state index contributed by atoms with van der Waals surface area (Å²) in [5.41, 5.74) is 6.00. The fourth-order valence-electron chi connectivity index (χ4n) is 2.43. The summed E-state index contributed by atoms with van der Waals surface area (Å²) in [4.78, 5) is 20.2. The Morgan fingerprint density at radius 1 is 1.40 bits per heavy atom. The van der Waals surface area contributed by atoms with Crippen LogP contribution in [0.2, 0.25) is 0 Å². The third-order valence-electron chi connectivity index (χ3n) is 3.35. The van der Waals surface area contributed by atoms with Crippen molar-refractivity contribution in [2.45, 2.75) is 19.4 Å². The number of aromatic nitrogens is 1. The minimum atomic E-state index is -0.707. The van der Waals surface area contributed by atoms with Crippen LogP contribution in [-0.2, 0) is 0 Å². The number of rotatable bonds is 3. The minimum Gasteiger partial charge on any atom is -0.397 e. The average Bonchev–Trinajstić information content (AvgIpc) is 2.37. The number of carbonyl (C=O) groups is 1. The van der Waals surface area contributed by atoms with Crippen LogP contribution in [0.3, 0.4) is 0 Å². The van der Waals surface area contributed by atoms with Crippen molar-refractivity contribution < 1.29 is 9.90 Å². The Bertz CT molecular complexity index is 476. The van der Waals surface area contributed by atoms with Crippen LogP contribution in [0.4, 0.5) is 5.69 Å². The summed E-state index contributed by atoms with van der Waals surface area (Å²) in [5, 5.41) is 9.81. The van der Waals surface area contributed by atoms with Crippen LogP contribution >= 0.6 is 0 Å². The predicted octanol–water partition coefficient (Wildman–Crippen LogP) is 0.193. The second-order valence-corrected chi connectivity index (χ2v) is 5.84. The second-order valence-electron chi connectivity index (χ2n) is 5.84. The van der Waals surface area contributed by atoms with Crippen LogP contribution in [0, 0.1) is 0 Å². The van der Waals surface area contributed by atoms with Crippen molar-refractivity contribution in [2.24, 2.45) is 0 Å². The van der Waals surface area contributed by atoms with Gasteiger partial charge in [0.1, 0.15) is 0 Å². The number of carbonyl (C=O) groups excluding carboxylic acids is 1. The van der Waals surface area contributed by atoms with Gasteiger partial charge in [-0.15, -0.1) is 0 Å². The van der Waals surface area contributed by atoms with Gasteiger partial charge >= 0.3 is 0 Å². The van der Waals surface area contributed by atoms with E-state index in [1.54, 1.807) is 31.0 Å². The van der Waals surface area contributed by atoms with Gasteiger partial charge in [-0.25, -0.2) is 0 Å². The molecular weight excluding hydrogens is 256 g/mol. The van der Waals surface area contributed by atoms with Gasteiger partial charge in [0.05, 0.1) is 23.0 Å². The van der Waals surface area contributed by atoms with E-state index in [0.717, 1.165) is 13.1 Å². The largest absolute Gasteiger partial charge is 0.397 e. The molecular formula is C14H22N4O2. The first-order valence-corrected chi connectivity index (χ1v) is 6.80. The van der Waals surface area contributed by atoms with E-state index in [1.165, 1.54) is 6.20 Å². The molecule has 1 aromatic heterocycles. The highest BCUT2D eigenvalue weighted by molar-refractivity contribution is 5.98. The van der Waals surface area contributed by atoms with E-state index >= 15 is 0 Å². The van der Waals surface area contributed by atoms with Gasteiger partial charge in [0.25, 0.3) is 5.91 Å². The van der Waals surface area contributed by atoms with Gasteiger partial charge in [-0.3, -0.25) is 14.7 Å². The molecule has 20 heavy (non-hydrogen) atoms. The maximum atomic E-state index is 12.4. The molecule has 0 radical (unpaired) electrons. The van der Waals surface area contributed by atoms with Crippen LogP contribution in [0.25, 0.3) is 0 Å². The summed E-state index contributed by atoms with van der Waals surface area (Å²) < 4.78 is 0. The Labute approximate surface area is 119 Å². The van der Waals surface area contributed by atoms with Gasteiger partial charge in [0, 0.05) is 38.9 Å². The average molecular weight is 278 g/mol. The Balaban J connectivity index is 1.94. The number of amides is 1. The van der Waals surface area contributed by atoms with Gasteiger partial charge in [0.2, 0.25) is 0 Å². The lowest BCUT2D eigenvalue weighted by Gasteiger charge is -2.37. The zero-order valence-electron chi connectivity index (χ0n) is 12.0. The van der Waals surface area contributed by atoms with Crippen molar-refractivity contribution in [2.75, 3.05) is 38.5 Å². The van der Waals surface area contributed by atoms with Crippen molar-refractivity contribution >= 4 is 11.6 Å². The lowest BCUT2D eigenvalue weighted by atomic mass is 10.1. The maximum absolute atomic E-state index is 12.4. The first-order valence-electron chi connectivity index (χ1n) is 6.80. The Morgan fingerprint density at radius 2 is 2.05 bits per heavy atom. The molecule has 1 aliphatic rings. The van der Waals surface area contributed by atoms with E-state index < -0.39 is 5.60 Å². The van der Waals surface area contributed by atoms with Gasteiger partial charge in [-0.2, -0.15) is 0 Å². The van der Waals surface area contributed by atoms with Gasteiger partial charge in [-0.05, 0) is 19.9 Å². The highest BCUT2D eigenvalue weighted by atomic mass is 16.3. The van der Waals surface area contributed by atoms with Crippen molar-refractivity contribution in [1.82, 2.24) is 14.8 Å². The molecule has 1 amide bonds. The standard InChI is InChI=1S/C14H22N4O2/c1-14(2,20)10-17-5-7-18(8-6-17)13(19)11-3-4-16-9-12(11)15/h3-4,9,20H,5-8,10,15H2,1-2H3. The maximum Gasteiger partial charge on any atom is 0.256 e. The normalized spacial score (nSPS) is 17.2. The van der Waals surface area contributed by atoms with E-state index in [0.29, 0.717) is 30.9 Å². The lowest BCUT2D eigenvalue weighted by Crippen LogP contribution is -2.52. The number of nitrogen functional groups attached to an aromatic ring is 1. The first-order chi connectivity index (χ1) is 9.37. The molecule has 110 valence electrons. The fourth-order valence-corrected chi connectivity index (χ4v) is 2.43. The van der Waals surface area contributed by atoms with E-state index in [9.17, 15) is 9.90 Å². The Kier molecular flexibility index (Phi) is 4.25. The Morgan fingerprint density at radius 3 is 2.60 bits per heavy atom. The molecule has 6 nitrogen and oxygen atoms in total. The zero-order chi connectivity index (χ0) is 14.8. The quantitative estimate of drug-likeness (QED) is 0.825. The summed E-state index contributed by atoms with van der Waals surface area (Å²) in [6, 6.07) is 1.65. The number of piperazine rings is 1. The van der Waals surface area contributed by atoms with Crippen LogP contribution < -0.4 is 5.73 Å². The highest BCUT2D eigenvalue weighted by Gasteiger charge is 2.26. The molecule has 3 N–H and O–H groups in total. The molecule has 2 rings (SSSR count). The molecule has 6 heteroatoms. The van der Waals surface area contributed by atoms with Gasteiger partial charge in [-0.1, -0.05) is 0 Å². The summed E-state index contributed by atoms with van der Waals surface area (Å²) >= 11 is 0. The molecule has 1 fully saturated rings. The molecule has 0 saturated carbocycles. The summed E-state index contributed by atoms with van der Waals surface area (Å²) in [6.45, 7) is 7.03. The lowest BCUT2D eigenvalue weighted by molar-refractivity contribution is 0.0179. The molecule has 1 saturated heterocycles. The number of anilines is 1. The zero-order valence-corrected chi connectivity index (χ0v) is 12.0. The molecule has 0 bridgehead atoms. The molecule has 0 aliphatic carbocycles. The van der Waals surface area contributed by atoms with Crippen LogP contribution in [0.1, 0.15) is 24.2 Å². The second kappa shape index (κ2) is 5.76. The molecule has 0 unspecified atom stereocenters. The van der Waals surface area contributed by atoms with Gasteiger partial charge < -0.3 is 15.7 Å².